The number of hydrogen-bond acceptors (Lipinski definition) is 5. The van der Waals surface area contributed by atoms with Crippen molar-refractivity contribution in [1.82, 2.24) is 4.90 Å². The van der Waals surface area contributed by atoms with E-state index in [1.54, 1.807) is 7.11 Å². The first-order valence-corrected chi connectivity index (χ1v) is 9.22. The first kappa shape index (κ1) is 17.8. The molecule has 0 spiro atoms. The molecule has 4 rings (SSSR count). The maximum Gasteiger partial charge on any atom is 0.150 e. The van der Waals surface area contributed by atoms with Gasteiger partial charge >= 0.3 is 0 Å². The van der Waals surface area contributed by atoms with Crippen molar-refractivity contribution < 1.29 is 9.84 Å². The van der Waals surface area contributed by atoms with Gasteiger partial charge in [-0.1, -0.05) is 24.3 Å². The standard InChI is InChI=1S/C21H26N4O2/c1-25-9-8-18-17-12-16(27-2)7-6-13(17)11-19(25)21(18,26)15-5-3-4-14(10-15)20(22)24-23/h3-7,10,12,18-19,26H,8-9,11,23H2,1-2H3,(H2,22,24)/t18-,19?,21?/m0/s1. The van der Waals surface area contributed by atoms with Crippen LogP contribution in [0.2, 0.25) is 0 Å². The zero-order valence-electron chi connectivity index (χ0n) is 15.7. The normalized spacial score (nSPS) is 27.9. The van der Waals surface area contributed by atoms with Gasteiger partial charge in [-0.05, 0) is 61.3 Å². The van der Waals surface area contributed by atoms with Crippen LogP contribution in [0.25, 0.3) is 0 Å². The Morgan fingerprint density at radius 2 is 2.11 bits per heavy atom. The number of rotatable bonds is 3. The van der Waals surface area contributed by atoms with E-state index in [0.717, 1.165) is 36.3 Å². The highest BCUT2D eigenvalue weighted by Crippen LogP contribution is 2.52. The van der Waals surface area contributed by atoms with E-state index in [-0.39, 0.29) is 17.8 Å². The second-order valence-electron chi connectivity index (χ2n) is 7.53. The monoisotopic (exact) mass is 366 g/mol. The van der Waals surface area contributed by atoms with E-state index in [2.05, 4.69) is 29.2 Å². The Kier molecular flexibility index (Phi) is 4.32. The predicted molar refractivity (Wildman–Crippen MR) is 106 cm³/mol. The number of likely N-dealkylation sites (tertiary alicyclic amines) is 1. The molecule has 1 aliphatic heterocycles. The number of nitrogens with two attached hydrogens (primary N) is 2. The van der Waals surface area contributed by atoms with Crippen molar-refractivity contribution >= 4 is 5.84 Å². The number of hydrazone groups is 1. The Labute approximate surface area is 159 Å². The molecule has 142 valence electrons. The Bertz CT molecular complexity index is 898. The minimum Gasteiger partial charge on any atom is -0.497 e. The average molecular weight is 366 g/mol. The number of hydrogen-bond donors (Lipinski definition) is 3. The summed E-state index contributed by atoms with van der Waals surface area (Å²) in [4.78, 5) is 2.26. The van der Waals surface area contributed by atoms with E-state index < -0.39 is 5.60 Å². The van der Waals surface area contributed by atoms with Gasteiger partial charge in [-0.15, -0.1) is 0 Å². The fraction of sp³-hybridized carbons (Fsp3) is 0.381. The van der Waals surface area contributed by atoms with Gasteiger partial charge < -0.3 is 21.4 Å². The van der Waals surface area contributed by atoms with Crippen molar-refractivity contribution in [3.8, 4) is 5.75 Å². The maximum absolute atomic E-state index is 12.1. The van der Waals surface area contributed by atoms with Crippen molar-refractivity contribution in [2.24, 2.45) is 16.7 Å². The first-order valence-electron chi connectivity index (χ1n) is 9.22. The number of aliphatic hydroxyl groups is 1. The number of piperidine rings is 1. The lowest BCUT2D eigenvalue weighted by atomic mass is 9.62. The van der Waals surface area contributed by atoms with Crippen molar-refractivity contribution in [3.63, 3.8) is 0 Å². The number of nitrogens with zero attached hydrogens (tertiary/aromatic N) is 2. The smallest absolute Gasteiger partial charge is 0.150 e. The van der Waals surface area contributed by atoms with E-state index >= 15 is 0 Å². The third-order valence-electron chi connectivity index (χ3n) is 6.24. The molecule has 0 aromatic heterocycles. The quantitative estimate of drug-likeness (QED) is 0.331. The molecule has 2 bridgehead atoms. The molecule has 5 N–H and O–H groups in total. The van der Waals surface area contributed by atoms with Crippen LogP contribution in [0.3, 0.4) is 0 Å². The SMILES string of the molecule is COc1ccc2c(c1)[C@@H]1CCN(C)C(C2)C1(O)c1cccc(/C(N)=N/N)c1. The molecule has 27 heavy (non-hydrogen) atoms. The molecule has 1 aliphatic carbocycles. The minimum absolute atomic E-state index is 0.0103. The van der Waals surface area contributed by atoms with Crippen LogP contribution in [0.5, 0.6) is 5.75 Å². The van der Waals surface area contributed by atoms with Crippen LogP contribution in [-0.2, 0) is 12.0 Å². The zero-order chi connectivity index (χ0) is 19.2. The fourth-order valence-corrected chi connectivity index (χ4v) is 4.80. The second kappa shape index (κ2) is 6.55. The summed E-state index contributed by atoms with van der Waals surface area (Å²) in [6.45, 7) is 0.945. The number of amidine groups is 1. The Balaban J connectivity index is 1.88. The van der Waals surface area contributed by atoms with Gasteiger partial charge in [0.25, 0.3) is 0 Å². The van der Waals surface area contributed by atoms with E-state index in [0.29, 0.717) is 0 Å². The maximum atomic E-state index is 12.1. The van der Waals surface area contributed by atoms with Crippen LogP contribution >= 0.6 is 0 Å². The van der Waals surface area contributed by atoms with Crippen LogP contribution in [-0.4, -0.2) is 42.6 Å². The summed E-state index contributed by atoms with van der Waals surface area (Å²) in [5.74, 6) is 6.42. The molecular weight excluding hydrogens is 340 g/mol. The molecule has 6 heteroatoms. The van der Waals surface area contributed by atoms with E-state index in [4.69, 9.17) is 16.3 Å². The number of fused-ring (bicyclic) bond motifs is 4. The van der Waals surface area contributed by atoms with Gasteiger partial charge in [0.1, 0.15) is 17.2 Å². The molecule has 2 unspecified atom stereocenters. The third kappa shape index (κ3) is 2.67. The van der Waals surface area contributed by atoms with Crippen molar-refractivity contribution in [3.05, 3.63) is 64.7 Å². The van der Waals surface area contributed by atoms with Gasteiger partial charge in [-0.3, -0.25) is 4.90 Å². The van der Waals surface area contributed by atoms with Gasteiger partial charge in [0.05, 0.1) is 7.11 Å². The molecule has 2 aliphatic rings. The Morgan fingerprint density at radius 1 is 1.30 bits per heavy atom. The summed E-state index contributed by atoms with van der Waals surface area (Å²) in [5, 5.41) is 15.7. The lowest BCUT2D eigenvalue weighted by molar-refractivity contribution is -0.102. The van der Waals surface area contributed by atoms with Crippen LogP contribution in [0.4, 0.5) is 0 Å². The third-order valence-corrected chi connectivity index (χ3v) is 6.24. The minimum atomic E-state index is -1.02. The fourth-order valence-electron chi connectivity index (χ4n) is 4.80. The van der Waals surface area contributed by atoms with Crippen molar-refractivity contribution in [2.75, 3.05) is 20.7 Å². The molecule has 0 amide bonds. The molecule has 2 aromatic carbocycles. The van der Waals surface area contributed by atoms with E-state index in [1.807, 2.05) is 30.3 Å². The summed E-state index contributed by atoms with van der Waals surface area (Å²) in [6.07, 6.45) is 1.65. The zero-order valence-corrected chi connectivity index (χ0v) is 15.7. The predicted octanol–water partition coefficient (Wildman–Crippen LogP) is 1.51. The summed E-state index contributed by atoms with van der Waals surface area (Å²) in [7, 11) is 3.76. The highest BCUT2D eigenvalue weighted by Gasteiger charge is 2.53. The van der Waals surface area contributed by atoms with Gasteiger partial charge in [0.2, 0.25) is 0 Å². The highest BCUT2D eigenvalue weighted by molar-refractivity contribution is 5.97. The summed E-state index contributed by atoms with van der Waals surface area (Å²) < 4.78 is 5.44. The summed E-state index contributed by atoms with van der Waals surface area (Å²) in [5.41, 5.74) is 8.92. The van der Waals surface area contributed by atoms with E-state index in [9.17, 15) is 5.11 Å². The van der Waals surface area contributed by atoms with Gasteiger partial charge in [-0.2, -0.15) is 5.10 Å². The Hall–Kier alpha value is -2.57. The lowest BCUT2D eigenvalue weighted by Gasteiger charge is -2.54. The number of methoxy groups -OCH3 is 1. The van der Waals surface area contributed by atoms with Gasteiger partial charge in [0, 0.05) is 17.5 Å². The second-order valence-corrected chi connectivity index (χ2v) is 7.53. The highest BCUT2D eigenvalue weighted by atomic mass is 16.5. The molecule has 6 nitrogen and oxygen atoms in total. The summed E-state index contributed by atoms with van der Waals surface area (Å²) >= 11 is 0. The molecule has 1 saturated heterocycles. The average Bonchev–Trinajstić information content (AvgIpc) is 2.70. The van der Waals surface area contributed by atoms with Gasteiger partial charge in [0.15, 0.2) is 0 Å². The first-order chi connectivity index (χ1) is 13.0. The number of benzene rings is 2. The number of ether oxygens (including phenoxy) is 1. The van der Waals surface area contributed by atoms with Crippen LogP contribution in [0, 0.1) is 0 Å². The molecule has 1 fully saturated rings. The van der Waals surface area contributed by atoms with Gasteiger partial charge in [-0.25, -0.2) is 0 Å². The van der Waals surface area contributed by atoms with Crippen LogP contribution in [0.15, 0.2) is 47.6 Å². The molecule has 3 atom stereocenters. The van der Waals surface area contributed by atoms with Crippen LogP contribution in [0.1, 0.15) is 34.6 Å². The Morgan fingerprint density at radius 3 is 2.85 bits per heavy atom. The largest absolute Gasteiger partial charge is 0.497 e. The molecule has 2 aromatic rings. The molecule has 0 radical (unpaired) electrons. The lowest BCUT2D eigenvalue weighted by Crippen LogP contribution is -2.60. The van der Waals surface area contributed by atoms with Crippen LogP contribution < -0.4 is 16.3 Å². The topological polar surface area (TPSA) is 97.1 Å². The van der Waals surface area contributed by atoms with Crippen molar-refractivity contribution in [1.29, 1.82) is 0 Å². The number of likely N-dealkylation sites (N-methyl/N-ethyl adjacent to an activating group) is 1. The van der Waals surface area contributed by atoms with Crippen molar-refractivity contribution in [2.45, 2.75) is 30.4 Å². The molecule has 0 saturated carbocycles. The van der Waals surface area contributed by atoms with E-state index in [1.165, 1.54) is 11.1 Å². The summed E-state index contributed by atoms with van der Waals surface area (Å²) in [6, 6.07) is 13.8. The molecule has 1 heterocycles. The molecular formula is C21H26N4O2.